The summed E-state index contributed by atoms with van der Waals surface area (Å²) in [6.45, 7) is 5.42. The molecule has 1 heterocycles. The highest BCUT2D eigenvalue weighted by molar-refractivity contribution is 7.89. The van der Waals surface area contributed by atoms with E-state index in [2.05, 4.69) is 10.5 Å². The van der Waals surface area contributed by atoms with Crippen molar-refractivity contribution in [2.45, 2.75) is 25.7 Å². The number of aromatic nitrogens is 1. The fraction of sp³-hybridized carbons (Fsp3) is 0.375. The van der Waals surface area contributed by atoms with Gasteiger partial charge in [-0.1, -0.05) is 22.9 Å². The van der Waals surface area contributed by atoms with Crippen LogP contribution in [0.25, 0.3) is 0 Å². The molecule has 1 aromatic carbocycles. The SMILES string of the molecule is Cc1ccc(C(=O)NCCN(C)S(=O)(=O)c2c(C)noc2C)cc1. The fourth-order valence-corrected chi connectivity index (χ4v) is 3.71. The van der Waals surface area contributed by atoms with Gasteiger partial charge >= 0.3 is 0 Å². The van der Waals surface area contributed by atoms with Crippen molar-refractivity contribution in [1.29, 1.82) is 0 Å². The minimum atomic E-state index is -3.70. The van der Waals surface area contributed by atoms with E-state index in [1.54, 1.807) is 26.0 Å². The second kappa shape index (κ2) is 7.14. The second-order valence-electron chi connectivity index (χ2n) is 5.60. The maximum Gasteiger partial charge on any atom is 0.251 e. The lowest BCUT2D eigenvalue weighted by Crippen LogP contribution is -2.36. The molecule has 0 saturated carbocycles. The minimum Gasteiger partial charge on any atom is -0.360 e. The molecule has 1 N–H and O–H groups in total. The van der Waals surface area contributed by atoms with Gasteiger partial charge in [0.05, 0.1) is 0 Å². The van der Waals surface area contributed by atoms with Crippen LogP contribution < -0.4 is 5.32 Å². The number of rotatable bonds is 6. The van der Waals surface area contributed by atoms with E-state index in [4.69, 9.17) is 4.52 Å². The van der Waals surface area contributed by atoms with Crippen molar-refractivity contribution < 1.29 is 17.7 Å². The maximum atomic E-state index is 12.5. The third-order valence-corrected chi connectivity index (χ3v) is 5.76. The average Bonchev–Trinajstić information content (AvgIpc) is 2.87. The third-order valence-electron chi connectivity index (χ3n) is 3.66. The number of hydrogen-bond acceptors (Lipinski definition) is 5. The molecule has 8 heteroatoms. The summed E-state index contributed by atoms with van der Waals surface area (Å²) in [5.41, 5.74) is 1.93. The molecule has 0 radical (unpaired) electrons. The van der Waals surface area contributed by atoms with Gasteiger partial charge in [0, 0.05) is 25.7 Å². The summed E-state index contributed by atoms with van der Waals surface area (Å²) in [4.78, 5) is 12.1. The Morgan fingerprint density at radius 2 is 1.83 bits per heavy atom. The Hall–Kier alpha value is -2.19. The van der Waals surface area contributed by atoms with Crippen molar-refractivity contribution in [3.63, 3.8) is 0 Å². The molecule has 1 aromatic heterocycles. The summed E-state index contributed by atoms with van der Waals surface area (Å²) in [7, 11) is -2.24. The lowest BCUT2D eigenvalue weighted by molar-refractivity contribution is 0.0952. The molecule has 0 aliphatic carbocycles. The summed E-state index contributed by atoms with van der Waals surface area (Å²) >= 11 is 0. The summed E-state index contributed by atoms with van der Waals surface area (Å²) in [6, 6.07) is 7.16. The molecule has 24 heavy (non-hydrogen) atoms. The topological polar surface area (TPSA) is 92.5 Å². The van der Waals surface area contributed by atoms with E-state index in [1.807, 2.05) is 19.1 Å². The number of sulfonamides is 1. The van der Waals surface area contributed by atoms with Gasteiger partial charge in [0.1, 0.15) is 10.6 Å². The number of carbonyl (C=O) groups excluding carboxylic acids is 1. The van der Waals surface area contributed by atoms with Gasteiger partial charge in [-0.05, 0) is 32.9 Å². The van der Waals surface area contributed by atoms with E-state index in [9.17, 15) is 13.2 Å². The number of hydrogen-bond donors (Lipinski definition) is 1. The van der Waals surface area contributed by atoms with E-state index >= 15 is 0 Å². The first-order chi connectivity index (χ1) is 11.2. The molecular formula is C16H21N3O4S. The van der Waals surface area contributed by atoms with Crippen molar-refractivity contribution in [3.8, 4) is 0 Å². The van der Waals surface area contributed by atoms with Gasteiger partial charge in [-0.3, -0.25) is 4.79 Å². The predicted molar refractivity (Wildman–Crippen MR) is 89.3 cm³/mol. The van der Waals surface area contributed by atoms with E-state index in [-0.39, 0.29) is 29.7 Å². The van der Waals surface area contributed by atoms with Crippen molar-refractivity contribution in [3.05, 3.63) is 46.8 Å². The van der Waals surface area contributed by atoms with E-state index in [0.29, 0.717) is 11.3 Å². The number of benzene rings is 1. The Morgan fingerprint density at radius 1 is 1.21 bits per heavy atom. The van der Waals surface area contributed by atoms with Crippen molar-refractivity contribution in [2.24, 2.45) is 0 Å². The summed E-state index contributed by atoms with van der Waals surface area (Å²) in [6.07, 6.45) is 0. The van der Waals surface area contributed by atoms with Crippen LogP contribution in [0.2, 0.25) is 0 Å². The largest absolute Gasteiger partial charge is 0.360 e. The molecule has 2 aromatic rings. The Labute approximate surface area is 141 Å². The molecule has 0 fully saturated rings. The summed E-state index contributed by atoms with van der Waals surface area (Å²) in [5.74, 6) is 0.0150. The zero-order valence-corrected chi connectivity index (χ0v) is 15.0. The fourth-order valence-electron chi connectivity index (χ4n) is 2.25. The molecule has 0 aliphatic heterocycles. The van der Waals surface area contributed by atoms with Gasteiger partial charge in [-0.15, -0.1) is 0 Å². The predicted octanol–water partition coefficient (Wildman–Crippen LogP) is 1.65. The zero-order valence-electron chi connectivity index (χ0n) is 14.2. The first-order valence-electron chi connectivity index (χ1n) is 7.47. The second-order valence-corrected chi connectivity index (χ2v) is 7.58. The van der Waals surface area contributed by atoms with Crippen LogP contribution in [-0.2, 0) is 10.0 Å². The zero-order chi connectivity index (χ0) is 17.9. The molecule has 0 saturated heterocycles. The number of nitrogens with zero attached hydrogens (tertiary/aromatic N) is 2. The van der Waals surface area contributed by atoms with E-state index in [0.717, 1.165) is 5.56 Å². The molecular weight excluding hydrogens is 330 g/mol. The maximum absolute atomic E-state index is 12.5. The van der Waals surface area contributed by atoms with Crippen LogP contribution in [0.3, 0.4) is 0 Å². The molecule has 1 amide bonds. The van der Waals surface area contributed by atoms with E-state index < -0.39 is 10.0 Å². The normalized spacial score (nSPS) is 11.7. The van der Waals surface area contributed by atoms with Gasteiger partial charge in [-0.2, -0.15) is 4.31 Å². The van der Waals surface area contributed by atoms with Gasteiger partial charge in [-0.25, -0.2) is 8.42 Å². The number of aryl methyl sites for hydroxylation is 3. The molecule has 0 spiro atoms. The quantitative estimate of drug-likeness (QED) is 0.854. The molecule has 0 atom stereocenters. The molecule has 0 unspecified atom stereocenters. The lowest BCUT2D eigenvalue weighted by atomic mass is 10.1. The average molecular weight is 351 g/mol. The summed E-state index contributed by atoms with van der Waals surface area (Å²) < 4.78 is 31.2. The summed E-state index contributed by atoms with van der Waals surface area (Å²) in [5, 5.41) is 6.38. The Bertz CT molecular complexity index is 806. The van der Waals surface area contributed by atoms with Gasteiger partial charge in [0.2, 0.25) is 10.0 Å². The van der Waals surface area contributed by atoms with Crippen LogP contribution in [-0.4, -0.2) is 43.9 Å². The lowest BCUT2D eigenvalue weighted by Gasteiger charge is -2.17. The molecule has 7 nitrogen and oxygen atoms in total. The number of nitrogens with one attached hydrogen (secondary N) is 1. The highest BCUT2D eigenvalue weighted by atomic mass is 32.2. The van der Waals surface area contributed by atoms with Gasteiger partial charge in [0.25, 0.3) is 5.91 Å². The van der Waals surface area contributed by atoms with E-state index in [1.165, 1.54) is 11.4 Å². The highest BCUT2D eigenvalue weighted by Gasteiger charge is 2.28. The van der Waals surface area contributed by atoms with Crippen LogP contribution in [0.15, 0.2) is 33.7 Å². The van der Waals surface area contributed by atoms with Gasteiger partial charge < -0.3 is 9.84 Å². The van der Waals surface area contributed by atoms with Crippen LogP contribution in [0.5, 0.6) is 0 Å². The Balaban J connectivity index is 1.97. The van der Waals surface area contributed by atoms with Crippen molar-refractivity contribution in [1.82, 2.24) is 14.8 Å². The Morgan fingerprint density at radius 3 is 2.38 bits per heavy atom. The van der Waals surface area contributed by atoms with Crippen LogP contribution in [0.4, 0.5) is 0 Å². The monoisotopic (exact) mass is 351 g/mol. The van der Waals surface area contributed by atoms with Gasteiger partial charge in [0.15, 0.2) is 5.76 Å². The first kappa shape index (κ1) is 18.2. The smallest absolute Gasteiger partial charge is 0.251 e. The third kappa shape index (κ3) is 3.82. The van der Waals surface area contributed by atoms with Crippen molar-refractivity contribution >= 4 is 15.9 Å². The number of likely N-dealkylation sites (N-methyl/N-ethyl adjacent to an activating group) is 1. The minimum absolute atomic E-state index is 0.0786. The molecule has 130 valence electrons. The van der Waals surface area contributed by atoms with Crippen LogP contribution in [0, 0.1) is 20.8 Å². The number of carbonyl (C=O) groups is 1. The molecule has 2 rings (SSSR count). The Kier molecular flexibility index (Phi) is 5.40. The number of amides is 1. The van der Waals surface area contributed by atoms with Crippen molar-refractivity contribution in [2.75, 3.05) is 20.1 Å². The van der Waals surface area contributed by atoms with Crippen LogP contribution in [0.1, 0.15) is 27.4 Å². The van der Waals surface area contributed by atoms with Crippen LogP contribution >= 0.6 is 0 Å². The first-order valence-corrected chi connectivity index (χ1v) is 8.91. The molecule has 0 aliphatic rings. The standard InChI is InChI=1S/C16H21N3O4S/c1-11-5-7-14(8-6-11)16(20)17-9-10-19(4)24(21,22)15-12(2)18-23-13(15)3/h5-8H,9-10H2,1-4H3,(H,17,20). The highest BCUT2D eigenvalue weighted by Crippen LogP contribution is 2.21. The molecule has 0 bridgehead atoms.